The van der Waals surface area contributed by atoms with Crippen molar-refractivity contribution in [2.45, 2.75) is 25.9 Å². The van der Waals surface area contributed by atoms with Crippen LogP contribution in [0.4, 0.5) is 5.69 Å². The number of amides is 1. The molecule has 1 atom stereocenters. The summed E-state index contributed by atoms with van der Waals surface area (Å²) in [5.74, 6) is 0.0695. The monoisotopic (exact) mass is 368 g/mol. The Hall–Kier alpha value is -2.86. The van der Waals surface area contributed by atoms with Gasteiger partial charge in [0.15, 0.2) is 0 Å². The molecule has 0 unspecified atom stereocenters. The van der Waals surface area contributed by atoms with E-state index in [0.717, 1.165) is 16.7 Å². The molecule has 6 nitrogen and oxygen atoms in total. The summed E-state index contributed by atoms with van der Waals surface area (Å²) in [7, 11) is 2.94. The minimum absolute atomic E-state index is 0.0885. The molecule has 0 spiro atoms. The first-order chi connectivity index (χ1) is 13.0. The van der Waals surface area contributed by atoms with Gasteiger partial charge in [-0.2, -0.15) is 0 Å². The van der Waals surface area contributed by atoms with Gasteiger partial charge in [-0.1, -0.05) is 30.3 Å². The number of anilines is 1. The van der Waals surface area contributed by atoms with Gasteiger partial charge in [0.05, 0.1) is 26.5 Å². The van der Waals surface area contributed by atoms with Gasteiger partial charge in [0.25, 0.3) is 0 Å². The van der Waals surface area contributed by atoms with Crippen LogP contribution in [0.1, 0.15) is 16.7 Å². The molecule has 2 aromatic rings. The van der Waals surface area contributed by atoms with Crippen LogP contribution in [-0.2, 0) is 27.3 Å². The lowest BCUT2D eigenvalue weighted by Crippen LogP contribution is -2.49. The van der Waals surface area contributed by atoms with E-state index in [4.69, 9.17) is 9.47 Å². The smallest absolute Gasteiger partial charge is 0.323 e. The Morgan fingerprint density at radius 3 is 2.59 bits per heavy atom. The van der Waals surface area contributed by atoms with Gasteiger partial charge in [-0.3, -0.25) is 14.5 Å². The first-order valence-corrected chi connectivity index (χ1v) is 8.85. The Bertz CT molecular complexity index is 850. The fraction of sp³-hybridized carbons (Fsp3) is 0.333. The van der Waals surface area contributed by atoms with Gasteiger partial charge in [0.2, 0.25) is 5.91 Å². The second kappa shape index (κ2) is 8.22. The molecular weight excluding hydrogens is 344 g/mol. The molecule has 2 aromatic carbocycles. The highest BCUT2D eigenvalue weighted by atomic mass is 16.5. The van der Waals surface area contributed by atoms with Crippen molar-refractivity contribution in [3.8, 4) is 5.75 Å². The first kappa shape index (κ1) is 18.9. The lowest BCUT2D eigenvalue weighted by Gasteiger charge is -2.34. The van der Waals surface area contributed by atoms with Crippen molar-refractivity contribution in [3.05, 3.63) is 59.2 Å². The number of aryl methyl sites for hydroxylation is 1. The van der Waals surface area contributed by atoms with Gasteiger partial charge in [-0.15, -0.1) is 0 Å². The lowest BCUT2D eigenvalue weighted by molar-refractivity contribution is -0.148. The maximum atomic E-state index is 12.7. The van der Waals surface area contributed by atoms with E-state index in [2.05, 4.69) is 5.32 Å². The molecule has 1 aliphatic rings. The summed E-state index contributed by atoms with van der Waals surface area (Å²) < 4.78 is 10.3. The van der Waals surface area contributed by atoms with Gasteiger partial charge in [0, 0.05) is 6.54 Å². The maximum absolute atomic E-state index is 12.7. The predicted octanol–water partition coefficient (Wildman–Crippen LogP) is 2.54. The minimum Gasteiger partial charge on any atom is -0.495 e. The van der Waals surface area contributed by atoms with E-state index in [-0.39, 0.29) is 18.4 Å². The fourth-order valence-corrected chi connectivity index (χ4v) is 3.41. The molecule has 6 heteroatoms. The third kappa shape index (κ3) is 4.28. The molecule has 0 bridgehead atoms. The number of carbonyl (C=O) groups excluding carboxylic acids is 2. The van der Waals surface area contributed by atoms with Gasteiger partial charge in [-0.05, 0) is 42.2 Å². The average Bonchev–Trinajstić information content (AvgIpc) is 2.67. The van der Waals surface area contributed by atoms with E-state index >= 15 is 0 Å². The fourth-order valence-electron chi connectivity index (χ4n) is 3.41. The van der Waals surface area contributed by atoms with Crippen LogP contribution in [0.2, 0.25) is 0 Å². The van der Waals surface area contributed by atoms with Crippen LogP contribution in [0.15, 0.2) is 42.5 Å². The third-order valence-corrected chi connectivity index (χ3v) is 4.79. The molecule has 0 saturated carbocycles. The maximum Gasteiger partial charge on any atom is 0.323 e. The quantitative estimate of drug-likeness (QED) is 0.822. The van der Waals surface area contributed by atoms with Crippen molar-refractivity contribution in [1.29, 1.82) is 0 Å². The normalized spacial score (nSPS) is 16.3. The van der Waals surface area contributed by atoms with Crippen LogP contribution in [-0.4, -0.2) is 43.6 Å². The van der Waals surface area contributed by atoms with E-state index in [1.54, 1.807) is 7.11 Å². The molecule has 1 N–H and O–H groups in total. The second-order valence-corrected chi connectivity index (χ2v) is 6.67. The number of hydrogen-bond donors (Lipinski definition) is 1. The summed E-state index contributed by atoms with van der Waals surface area (Å²) in [6.07, 6.45) is 0.532. The summed E-state index contributed by atoms with van der Waals surface area (Å²) >= 11 is 0. The summed E-state index contributed by atoms with van der Waals surface area (Å²) in [6, 6.07) is 13.1. The van der Waals surface area contributed by atoms with E-state index in [9.17, 15) is 9.59 Å². The zero-order valence-electron chi connectivity index (χ0n) is 15.8. The molecule has 3 rings (SSSR count). The van der Waals surface area contributed by atoms with Crippen molar-refractivity contribution in [3.63, 3.8) is 0 Å². The van der Waals surface area contributed by atoms with Crippen LogP contribution in [0.5, 0.6) is 5.75 Å². The van der Waals surface area contributed by atoms with Gasteiger partial charge >= 0.3 is 5.97 Å². The number of hydrogen-bond acceptors (Lipinski definition) is 5. The number of esters is 1. The summed E-state index contributed by atoms with van der Waals surface area (Å²) in [5.41, 5.74) is 3.88. The van der Waals surface area contributed by atoms with Gasteiger partial charge < -0.3 is 14.8 Å². The molecule has 1 aliphatic heterocycles. The number of benzene rings is 2. The zero-order valence-corrected chi connectivity index (χ0v) is 15.8. The average molecular weight is 368 g/mol. The first-order valence-electron chi connectivity index (χ1n) is 8.85. The molecule has 0 aliphatic carbocycles. The lowest BCUT2D eigenvalue weighted by atomic mass is 9.94. The van der Waals surface area contributed by atoms with Crippen LogP contribution in [0.25, 0.3) is 0 Å². The highest BCUT2D eigenvalue weighted by Gasteiger charge is 2.33. The van der Waals surface area contributed by atoms with E-state index < -0.39 is 6.04 Å². The van der Waals surface area contributed by atoms with Crippen LogP contribution < -0.4 is 10.1 Å². The molecule has 1 heterocycles. The van der Waals surface area contributed by atoms with Crippen LogP contribution >= 0.6 is 0 Å². The Morgan fingerprint density at radius 1 is 1.15 bits per heavy atom. The van der Waals surface area contributed by atoms with Crippen molar-refractivity contribution in [2.24, 2.45) is 0 Å². The number of carbonyl (C=O) groups is 2. The number of methoxy groups -OCH3 is 2. The highest BCUT2D eigenvalue weighted by molar-refractivity contribution is 5.94. The Kier molecular flexibility index (Phi) is 5.76. The molecule has 142 valence electrons. The molecule has 1 amide bonds. The highest BCUT2D eigenvalue weighted by Crippen LogP contribution is 2.26. The Morgan fingerprint density at radius 2 is 1.89 bits per heavy atom. The number of fused-ring (bicyclic) bond motifs is 1. The van der Waals surface area contributed by atoms with E-state index in [1.165, 1.54) is 7.11 Å². The standard InChI is InChI=1S/C21H24N2O4/c1-14-8-9-19(26-2)17(10-14)22-20(24)13-23-12-16-7-5-4-6-15(16)11-18(23)21(25)27-3/h4-10,18H,11-13H2,1-3H3,(H,22,24)/t18-/m0/s1. The summed E-state index contributed by atoms with van der Waals surface area (Å²) in [6.45, 7) is 2.56. The molecule has 0 fully saturated rings. The number of rotatable bonds is 5. The Balaban J connectivity index is 1.77. The molecule has 0 radical (unpaired) electrons. The number of nitrogens with zero attached hydrogens (tertiary/aromatic N) is 1. The second-order valence-electron chi connectivity index (χ2n) is 6.67. The van der Waals surface area contributed by atoms with E-state index in [0.29, 0.717) is 24.4 Å². The zero-order chi connectivity index (χ0) is 19.4. The largest absolute Gasteiger partial charge is 0.495 e. The third-order valence-electron chi connectivity index (χ3n) is 4.79. The van der Waals surface area contributed by atoms with Crippen molar-refractivity contribution >= 4 is 17.6 Å². The topological polar surface area (TPSA) is 67.9 Å². The van der Waals surface area contributed by atoms with Crippen molar-refractivity contribution in [1.82, 2.24) is 4.90 Å². The Labute approximate surface area is 159 Å². The SMILES string of the molecule is COC(=O)[C@@H]1Cc2ccccc2CN1CC(=O)Nc1cc(C)ccc1OC. The molecule has 0 saturated heterocycles. The van der Waals surface area contributed by atoms with Crippen LogP contribution in [0, 0.1) is 6.92 Å². The molecule has 27 heavy (non-hydrogen) atoms. The molecule has 0 aromatic heterocycles. The minimum atomic E-state index is -0.477. The summed E-state index contributed by atoms with van der Waals surface area (Å²) in [4.78, 5) is 26.8. The van der Waals surface area contributed by atoms with Gasteiger partial charge in [0.1, 0.15) is 11.8 Å². The number of ether oxygens (including phenoxy) is 2. The summed E-state index contributed by atoms with van der Waals surface area (Å²) in [5, 5.41) is 2.89. The van der Waals surface area contributed by atoms with E-state index in [1.807, 2.05) is 54.3 Å². The van der Waals surface area contributed by atoms with Crippen molar-refractivity contribution < 1.29 is 19.1 Å². The number of nitrogens with one attached hydrogen (secondary N) is 1. The van der Waals surface area contributed by atoms with Crippen molar-refractivity contribution in [2.75, 3.05) is 26.1 Å². The predicted molar refractivity (Wildman–Crippen MR) is 103 cm³/mol. The molecular formula is C21H24N2O4. The van der Waals surface area contributed by atoms with Gasteiger partial charge in [-0.25, -0.2) is 0 Å². The van der Waals surface area contributed by atoms with Crippen LogP contribution in [0.3, 0.4) is 0 Å².